The molecule has 104 valence electrons. The molecule has 1 saturated carbocycles. The molecule has 1 aromatic carbocycles. The first kappa shape index (κ1) is 14.2. The average Bonchev–Trinajstić information content (AvgIpc) is 2.72. The van der Waals surface area contributed by atoms with Gasteiger partial charge in [-0.1, -0.05) is 26.0 Å². The van der Waals surface area contributed by atoms with Crippen molar-refractivity contribution in [3.8, 4) is 0 Å². The van der Waals surface area contributed by atoms with Gasteiger partial charge in [-0.05, 0) is 34.9 Å². The van der Waals surface area contributed by atoms with E-state index in [0.29, 0.717) is 11.8 Å². The molecule has 3 rings (SSSR count). The molecule has 1 aliphatic heterocycles. The lowest BCUT2D eigenvalue weighted by molar-refractivity contribution is -0.130. The number of carbonyl (C=O) groups is 1. The largest absolute Gasteiger partial charge is 0.399 e. The Balaban J connectivity index is 0.00000133. The lowest BCUT2D eigenvalue weighted by Gasteiger charge is -2.22. The van der Waals surface area contributed by atoms with Gasteiger partial charge in [-0.25, -0.2) is 0 Å². The Bertz CT molecular complexity index is 469. The number of nitrogens with zero attached hydrogens (tertiary/aromatic N) is 1. The highest BCUT2D eigenvalue weighted by molar-refractivity contribution is 5.85. The molecule has 1 amide bonds. The Morgan fingerprint density at radius 3 is 2.32 bits per heavy atom. The summed E-state index contributed by atoms with van der Waals surface area (Å²) in [6.45, 7) is 6.52. The van der Waals surface area contributed by atoms with E-state index >= 15 is 0 Å². The highest BCUT2D eigenvalue weighted by atomic mass is 35.5. The molecule has 3 nitrogen and oxygen atoms in total. The number of amides is 1. The first-order chi connectivity index (χ1) is 8.48. The fourth-order valence-corrected chi connectivity index (χ4v) is 3.26. The highest BCUT2D eigenvalue weighted by Crippen LogP contribution is 2.61. The number of rotatable bonds is 2. The Morgan fingerprint density at radius 1 is 1.26 bits per heavy atom. The predicted octanol–water partition coefficient (Wildman–Crippen LogP) is 2.35. The van der Waals surface area contributed by atoms with Crippen molar-refractivity contribution in [3.63, 3.8) is 0 Å². The number of nitrogen functional groups attached to an aromatic ring is 1. The predicted molar refractivity (Wildman–Crippen MR) is 79.1 cm³/mol. The fraction of sp³-hybridized carbons (Fsp3) is 0.533. The molecule has 1 heterocycles. The van der Waals surface area contributed by atoms with Crippen molar-refractivity contribution in [1.29, 1.82) is 0 Å². The number of halogens is 1. The van der Waals surface area contributed by atoms with E-state index in [1.54, 1.807) is 0 Å². The third-order valence-electron chi connectivity index (χ3n) is 4.81. The molecule has 2 aliphatic rings. The van der Waals surface area contributed by atoms with E-state index in [4.69, 9.17) is 5.73 Å². The van der Waals surface area contributed by atoms with Crippen LogP contribution in [0.1, 0.15) is 19.4 Å². The molecule has 2 unspecified atom stereocenters. The summed E-state index contributed by atoms with van der Waals surface area (Å²) in [5, 5.41) is 0. The highest BCUT2D eigenvalue weighted by Gasteiger charge is 2.62. The van der Waals surface area contributed by atoms with Crippen molar-refractivity contribution >= 4 is 24.0 Å². The van der Waals surface area contributed by atoms with Gasteiger partial charge in [-0.3, -0.25) is 4.79 Å². The van der Waals surface area contributed by atoms with Gasteiger partial charge in [-0.2, -0.15) is 0 Å². The van der Waals surface area contributed by atoms with E-state index in [-0.39, 0.29) is 18.3 Å². The summed E-state index contributed by atoms with van der Waals surface area (Å²) in [6, 6.07) is 7.59. The van der Waals surface area contributed by atoms with Gasteiger partial charge in [0.15, 0.2) is 0 Å². The quantitative estimate of drug-likeness (QED) is 0.846. The minimum Gasteiger partial charge on any atom is -0.399 e. The number of nitrogens with two attached hydrogens (primary N) is 1. The summed E-state index contributed by atoms with van der Waals surface area (Å²) in [6.07, 6.45) is 0.500. The van der Waals surface area contributed by atoms with Crippen molar-refractivity contribution in [2.45, 2.75) is 20.3 Å². The van der Waals surface area contributed by atoms with E-state index in [1.807, 2.05) is 29.2 Å². The van der Waals surface area contributed by atoms with Crippen LogP contribution in [0.2, 0.25) is 0 Å². The van der Waals surface area contributed by atoms with Gasteiger partial charge in [0.2, 0.25) is 5.91 Å². The monoisotopic (exact) mass is 280 g/mol. The molecule has 1 aromatic rings. The number of anilines is 1. The molecule has 2 N–H and O–H groups in total. The van der Waals surface area contributed by atoms with Crippen LogP contribution in [0.25, 0.3) is 0 Å². The minimum absolute atomic E-state index is 0. The SMILES string of the molecule is CC1(C)C2CN(C(=O)Cc3ccc(N)cc3)CC21.Cl. The van der Waals surface area contributed by atoms with E-state index in [0.717, 1.165) is 36.2 Å². The summed E-state index contributed by atoms with van der Waals surface area (Å²) in [5.74, 6) is 1.71. The number of carbonyl (C=O) groups excluding carboxylic acids is 1. The maximum absolute atomic E-state index is 12.2. The lowest BCUT2D eigenvalue weighted by Crippen LogP contribution is -2.33. The van der Waals surface area contributed by atoms with Crippen molar-refractivity contribution in [2.24, 2.45) is 17.3 Å². The third kappa shape index (κ3) is 2.44. The summed E-state index contributed by atoms with van der Waals surface area (Å²) in [5.41, 5.74) is 7.90. The first-order valence-corrected chi connectivity index (χ1v) is 6.60. The summed E-state index contributed by atoms with van der Waals surface area (Å²) < 4.78 is 0. The van der Waals surface area contributed by atoms with E-state index in [2.05, 4.69) is 13.8 Å². The molecule has 19 heavy (non-hydrogen) atoms. The zero-order valence-electron chi connectivity index (χ0n) is 11.4. The van der Waals surface area contributed by atoms with Gasteiger partial charge in [0.05, 0.1) is 6.42 Å². The Morgan fingerprint density at radius 2 is 1.79 bits per heavy atom. The van der Waals surface area contributed by atoms with Crippen molar-refractivity contribution in [2.75, 3.05) is 18.8 Å². The van der Waals surface area contributed by atoms with Crippen LogP contribution >= 0.6 is 12.4 Å². The summed E-state index contributed by atoms with van der Waals surface area (Å²) >= 11 is 0. The zero-order valence-corrected chi connectivity index (χ0v) is 12.2. The molecule has 2 fully saturated rings. The van der Waals surface area contributed by atoms with E-state index in [1.165, 1.54) is 0 Å². The second kappa shape index (κ2) is 4.71. The van der Waals surface area contributed by atoms with Crippen LogP contribution in [0.5, 0.6) is 0 Å². The average molecular weight is 281 g/mol. The molecular formula is C15H21ClN2O. The Labute approximate surface area is 120 Å². The summed E-state index contributed by atoms with van der Waals surface area (Å²) in [4.78, 5) is 14.2. The van der Waals surface area contributed by atoms with Crippen molar-refractivity contribution < 1.29 is 4.79 Å². The Hall–Kier alpha value is -1.22. The van der Waals surface area contributed by atoms with Crippen LogP contribution < -0.4 is 5.73 Å². The number of fused-ring (bicyclic) bond motifs is 1. The van der Waals surface area contributed by atoms with Crippen LogP contribution in [0, 0.1) is 17.3 Å². The van der Waals surface area contributed by atoms with Crippen LogP contribution in [0.4, 0.5) is 5.69 Å². The first-order valence-electron chi connectivity index (χ1n) is 6.60. The minimum atomic E-state index is 0. The molecule has 1 aliphatic carbocycles. The second-order valence-electron chi connectivity index (χ2n) is 6.25. The van der Waals surface area contributed by atoms with Crippen LogP contribution in [-0.4, -0.2) is 23.9 Å². The fourth-order valence-electron chi connectivity index (χ4n) is 3.26. The topological polar surface area (TPSA) is 46.3 Å². The van der Waals surface area contributed by atoms with Gasteiger partial charge < -0.3 is 10.6 Å². The van der Waals surface area contributed by atoms with Crippen molar-refractivity contribution in [1.82, 2.24) is 4.90 Å². The molecule has 0 spiro atoms. The van der Waals surface area contributed by atoms with Gasteiger partial charge in [0.25, 0.3) is 0 Å². The molecule has 4 heteroatoms. The third-order valence-corrected chi connectivity index (χ3v) is 4.81. The number of likely N-dealkylation sites (tertiary alicyclic amines) is 1. The maximum atomic E-state index is 12.2. The molecule has 0 aromatic heterocycles. The van der Waals surface area contributed by atoms with Crippen molar-refractivity contribution in [3.05, 3.63) is 29.8 Å². The summed E-state index contributed by atoms with van der Waals surface area (Å²) in [7, 11) is 0. The van der Waals surface area contributed by atoms with E-state index in [9.17, 15) is 4.79 Å². The molecule has 2 atom stereocenters. The molecular weight excluding hydrogens is 260 g/mol. The number of hydrogen-bond donors (Lipinski definition) is 1. The second-order valence-corrected chi connectivity index (χ2v) is 6.25. The van der Waals surface area contributed by atoms with E-state index < -0.39 is 0 Å². The zero-order chi connectivity index (χ0) is 12.9. The van der Waals surface area contributed by atoms with Gasteiger partial charge in [0, 0.05) is 18.8 Å². The lowest BCUT2D eigenvalue weighted by atomic mass is 10.1. The Kier molecular flexibility index (Phi) is 3.52. The van der Waals surface area contributed by atoms with Crippen LogP contribution in [0.15, 0.2) is 24.3 Å². The standard InChI is InChI=1S/C15H20N2O.ClH/c1-15(2)12-8-17(9-13(12)15)14(18)7-10-3-5-11(16)6-4-10;/h3-6,12-13H,7-9,16H2,1-2H3;1H. The van der Waals surface area contributed by atoms with Gasteiger partial charge in [-0.15, -0.1) is 12.4 Å². The number of piperidine rings is 1. The van der Waals surface area contributed by atoms with Crippen LogP contribution in [0.3, 0.4) is 0 Å². The van der Waals surface area contributed by atoms with Gasteiger partial charge >= 0.3 is 0 Å². The molecule has 0 bridgehead atoms. The number of hydrogen-bond acceptors (Lipinski definition) is 2. The molecule has 1 saturated heterocycles. The maximum Gasteiger partial charge on any atom is 0.227 e. The number of benzene rings is 1. The van der Waals surface area contributed by atoms with Gasteiger partial charge in [0.1, 0.15) is 0 Å². The van der Waals surface area contributed by atoms with Crippen LogP contribution in [-0.2, 0) is 11.2 Å². The molecule has 0 radical (unpaired) electrons. The normalized spacial score (nSPS) is 26.5. The smallest absolute Gasteiger partial charge is 0.227 e.